The molecule has 2 amide bonds. The zero-order chi connectivity index (χ0) is 9.56. The molecular weight excluding hydrogens is 160 g/mol. The van der Waals surface area contributed by atoms with E-state index < -0.39 is 0 Å². The van der Waals surface area contributed by atoms with E-state index in [1.54, 1.807) is 14.1 Å². The minimum Gasteiger partial charge on any atom is -0.396 e. The van der Waals surface area contributed by atoms with Gasteiger partial charge in [-0.15, -0.1) is 0 Å². The van der Waals surface area contributed by atoms with E-state index in [0.717, 1.165) is 0 Å². The molecule has 0 unspecified atom stereocenters. The smallest absolute Gasteiger partial charge is 0.241 e. The van der Waals surface area contributed by atoms with Gasteiger partial charge in [0.25, 0.3) is 0 Å². The molecule has 2 N–H and O–H groups in total. The first-order valence-corrected chi connectivity index (χ1v) is 3.65. The molecule has 0 fully saturated rings. The summed E-state index contributed by atoms with van der Waals surface area (Å²) in [6, 6.07) is 0. The van der Waals surface area contributed by atoms with Gasteiger partial charge in [-0.05, 0) is 0 Å². The summed E-state index contributed by atoms with van der Waals surface area (Å²) in [6.45, 7) is -0.201. The number of nitrogens with zero attached hydrogens (tertiary/aromatic N) is 1. The van der Waals surface area contributed by atoms with Crippen molar-refractivity contribution in [3.63, 3.8) is 0 Å². The molecule has 0 saturated carbocycles. The van der Waals surface area contributed by atoms with Gasteiger partial charge in [0, 0.05) is 20.5 Å². The van der Waals surface area contributed by atoms with Crippen molar-refractivity contribution in [3.05, 3.63) is 0 Å². The first-order chi connectivity index (χ1) is 5.57. The molecule has 0 aromatic rings. The van der Waals surface area contributed by atoms with Gasteiger partial charge >= 0.3 is 0 Å². The van der Waals surface area contributed by atoms with Crippen LogP contribution in [0.4, 0.5) is 0 Å². The molecule has 0 atom stereocenters. The van der Waals surface area contributed by atoms with Gasteiger partial charge in [-0.25, -0.2) is 0 Å². The molecule has 0 bridgehead atoms. The molecule has 70 valence electrons. The van der Waals surface area contributed by atoms with Crippen molar-refractivity contribution in [3.8, 4) is 0 Å². The number of carbonyl (C=O) groups is 2. The topological polar surface area (TPSA) is 69.6 Å². The van der Waals surface area contributed by atoms with Gasteiger partial charge in [0.05, 0.1) is 13.2 Å². The minimum atomic E-state index is -0.312. The van der Waals surface area contributed by atoms with Crippen LogP contribution in [-0.2, 0) is 9.59 Å². The van der Waals surface area contributed by atoms with Crippen LogP contribution >= 0.6 is 0 Å². The summed E-state index contributed by atoms with van der Waals surface area (Å²) in [4.78, 5) is 23.0. The van der Waals surface area contributed by atoms with Gasteiger partial charge in [-0.3, -0.25) is 9.59 Å². The molecule has 0 aliphatic carbocycles. The molecular formula is C7H14N2O3. The molecule has 0 rings (SSSR count). The van der Waals surface area contributed by atoms with Crippen LogP contribution in [0.3, 0.4) is 0 Å². The maximum absolute atomic E-state index is 10.9. The Labute approximate surface area is 71.4 Å². The standard InChI is InChI=1S/C7H14N2O3/c1-9(2)7(12)5-8-6(11)3-4-10/h10H,3-5H2,1-2H3,(H,8,11). The van der Waals surface area contributed by atoms with Crippen LogP contribution in [0, 0.1) is 0 Å². The van der Waals surface area contributed by atoms with Crippen molar-refractivity contribution >= 4 is 11.8 Å². The summed E-state index contributed by atoms with van der Waals surface area (Å²) in [5, 5.41) is 10.7. The number of likely N-dealkylation sites (N-methyl/N-ethyl adjacent to an activating group) is 1. The van der Waals surface area contributed by atoms with E-state index in [2.05, 4.69) is 5.32 Å². The number of rotatable bonds is 4. The summed E-state index contributed by atoms with van der Waals surface area (Å²) < 4.78 is 0. The van der Waals surface area contributed by atoms with Crippen molar-refractivity contribution in [2.75, 3.05) is 27.2 Å². The van der Waals surface area contributed by atoms with Crippen molar-refractivity contribution in [1.29, 1.82) is 0 Å². The predicted molar refractivity (Wildman–Crippen MR) is 43.4 cm³/mol. The molecule has 0 radical (unpaired) electrons. The molecule has 0 aliphatic rings. The number of hydrogen-bond donors (Lipinski definition) is 2. The lowest BCUT2D eigenvalue weighted by molar-refractivity contribution is -0.131. The highest BCUT2D eigenvalue weighted by Gasteiger charge is 2.05. The monoisotopic (exact) mass is 174 g/mol. The third-order valence-corrected chi connectivity index (χ3v) is 1.27. The van der Waals surface area contributed by atoms with Crippen molar-refractivity contribution in [1.82, 2.24) is 10.2 Å². The third kappa shape index (κ3) is 4.68. The van der Waals surface area contributed by atoms with Gasteiger partial charge in [0.2, 0.25) is 11.8 Å². The summed E-state index contributed by atoms with van der Waals surface area (Å²) in [6.07, 6.45) is 0.0424. The fraction of sp³-hybridized carbons (Fsp3) is 0.714. The third-order valence-electron chi connectivity index (χ3n) is 1.27. The second-order valence-corrected chi connectivity index (χ2v) is 2.54. The lowest BCUT2D eigenvalue weighted by atomic mass is 10.4. The van der Waals surface area contributed by atoms with E-state index in [-0.39, 0.29) is 31.4 Å². The summed E-state index contributed by atoms with van der Waals surface area (Å²) >= 11 is 0. The van der Waals surface area contributed by atoms with Crippen molar-refractivity contribution in [2.45, 2.75) is 6.42 Å². The maximum atomic E-state index is 10.9. The van der Waals surface area contributed by atoms with E-state index in [0.29, 0.717) is 0 Å². The molecule has 0 saturated heterocycles. The SMILES string of the molecule is CN(C)C(=O)CNC(=O)CCO. The lowest BCUT2D eigenvalue weighted by Gasteiger charge is -2.10. The van der Waals surface area contributed by atoms with E-state index >= 15 is 0 Å². The van der Waals surface area contributed by atoms with Gasteiger partial charge in [0.1, 0.15) is 0 Å². The van der Waals surface area contributed by atoms with Crippen LogP contribution in [0.2, 0.25) is 0 Å². The van der Waals surface area contributed by atoms with Crippen molar-refractivity contribution < 1.29 is 14.7 Å². The Kier molecular flexibility index (Phi) is 5.03. The number of nitrogens with one attached hydrogen (secondary N) is 1. The van der Waals surface area contributed by atoms with Gasteiger partial charge in [0.15, 0.2) is 0 Å². The molecule has 0 heterocycles. The van der Waals surface area contributed by atoms with Crippen LogP contribution in [-0.4, -0.2) is 49.1 Å². The highest BCUT2D eigenvalue weighted by molar-refractivity contribution is 5.84. The van der Waals surface area contributed by atoms with Gasteiger partial charge < -0.3 is 15.3 Å². The Morgan fingerprint density at radius 1 is 1.42 bits per heavy atom. The minimum absolute atomic E-state index is 0.00810. The number of aliphatic hydroxyl groups excluding tert-OH is 1. The molecule has 0 aromatic heterocycles. The Morgan fingerprint density at radius 3 is 2.42 bits per heavy atom. The quantitative estimate of drug-likeness (QED) is 0.549. The van der Waals surface area contributed by atoms with E-state index in [1.807, 2.05) is 0 Å². The predicted octanol–water partition coefficient (Wildman–Crippen LogP) is -1.43. The zero-order valence-corrected chi connectivity index (χ0v) is 7.33. The van der Waals surface area contributed by atoms with Crippen LogP contribution < -0.4 is 5.32 Å². The summed E-state index contributed by atoms with van der Waals surface area (Å²) in [7, 11) is 3.22. The molecule has 0 aliphatic heterocycles. The Morgan fingerprint density at radius 2 is 2.00 bits per heavy atom. The number of amides is 2. The van der Waals surface area contributed by atoms with E-state index in [9.17, 15) is 9.59 Å². The van der Waals surface area contributed by atoms with Crippen LogP contribution in [0.1, 0.15) is 6.42 Å². The molecule has 5 nitrogen and oxygen atoms in total. The first-order valence-electron chi connectivity index (χ1n) is 3.65. The fourth-order valence-corrected chi connectivity index (χ4v) is 0.522. The Hall–Kier alpha value is -1.10. The second kappa shape index (κ2) is 5.54. The highest BCUT2D eigenvalue weighted by atomic mass is 16.3. The Balaban J connectivity index is 3.54. The lowest BCUT2D eigenvalue weighted by Crippen LogP contribution is -2.36. The largest absolute Gasteiger partial charge is 0.396 e. The molecule has 5 heteroatoms. The number of carbonyl (C=O) groups excluding carboxylic acids is 2. The highest BCUT2D eigenvalue weighted by Crippen LogP contribution is 1.79. The van der Waals surface area contributed by atoms with E-state index in [1.165, 1.54) is 4.90 Å². The van der Waals surface area contributed by atoms with Crippen LogP contribution in [0.15, 0.2) is 0 Å². The molecule has 0 spiro atoms. The average molecular weight is 174 g/mol. The van der Waals surface area contributed by atoms with Crippen molar-refractivity contribution in [2.24, 2.45) is 0 Å². The van der Waals surface area contributed by atoms with Crippen LogP contribution in [0.5, 0.6) is 0 Å². The Bertz CT molecular complexity index is 168. The average Bonchev–Trinajstić information content (AvgIpc) is 2.00. The number of hydrogen-bond acceptors (Lipinski definition) is 3. The molecule has 0 aromatic carbocycles. The normalized spacial score (nSPS) is 9.25. The summed E-state index contributed by atoms with van der Waals surface area (Å²) in [5.41, 5.74) is 0. The van der Waals surface area contributed by atoms with Gasteiger partial charge in [-0.1, -0.05) is 0 Å². The second-order valence-electron chi connectivity index (χ2n) is 2.54. The number of aliphatic hydroxyl groups is 1. The first kappa shape index (κ1) is 10.9. The maximum Gasteiger partial charge on any atom is 0.241 e. The zero-order valence-electron chi connectivity index (χ0n) is 7.33. The summed E-state index contributed by atoms with van der Waals surface area (Å²) in [5.74, 6) is -0.478. The van der Waals surface area contributed by atoms with E-state index in [4.69, 9.17) is 5.11 Å². The fourth-order valence-electron chi connectivity index (χ4n) is 0.522. The van der Waals surface area contributed by atoms with Gasteiger partial charge in [-0.2, -0.15) is 0 Å². The van der Waals surface area contributed by atoms with Crippen LogP contribution in [0.25, 0.3) is 0 Å². The molecule has 12 heavy (non-hydrogen) atoms.